The Morgan fingerprint density at radius 1 is 1.07 bits per heavy atom. The Labute approximate surface area is 177 Å². The molecule has 2 aromatic carbocycles. The fraction of sp³-hybridized carbons (Fsp3) is 0.273. The SMILES string of the molecule is CCOc1ccc(C(=O)Nc2c3c(nn2-c2ccccc2)CS(=O)C3)cc1OCC. The first-order valence-electron chi connectivity index (χ1n) is 9.82. The zero-order chi connectivity index (χ0) is 21.1. The number of nitrogens with zero attached hydrogens (tertiary/aromatic N) is 2. The number of rotatable bonds is 7. The van der Waals surface area contributed by atoms with Crippen LogP contribution < -0.4 is 14.8 Å². The normalized spacial score (nSPS) is 14.9. The summed E-state index contributed by atoms with van der Waals surface area (Å²) >= 11 is 0. The van der Waals surface area contributed by atoms with Gasteiger partial charge in [0.05, 0.1) is 36.1 Å². The first-order valence-corrected chi connectivity index (χ1v) is 11.3. The molecule has 0 fully saturated rings. The molecule has 3 aromatic rings. The van der Waals surface area contributed by atoms with Crippen LogP contribution in [0.4, 0.5) is 5.82 Å². The van der Waals surface area contributed by atoms with Crippen LogP contribution in [0.2, 0.25) is 0 Å². The number of fused-ring (bicyclic) bond motifs is 1. The second kappa shape index (κ2) is 8.71. The number of aromatic nitrogens is 2. The van der Waals surface area contributed by atoms with E-state index in [4.69, 9.17) is 9.47 Å². The van der Waals surface area contributed by atoms with E-state index in [0.29, 0.717) is 47.6 Å². The summed E-state index contributed by atoms with van der Waals surface area (Å²) in [6.45, 7) is 4.74. The lowest BCUT2D eigenvalue weighted by atomic mass is 10.1. The minimum Gasteiger partial charge on any atom is -0.490 e. The van der Waals surface area contributed by atoms with Gasteiger partial charge in [0.2, 0.25) is 0 Å². The van der Waals surface area contributed by atoms with Gasteiger partial charge in [0.1, 0.15) is 5.82 Å². The Morgan fingerprint density at radius 2 is 1.80 bits per heavy atom. The highest BCUT2D eigenvalue weighted by Gasteiger charge is 2.28. The first-order chi connectivity index (χ1) is 14.6. The minimum absolute atomic E-state index is 0.295. The number of amides is 1. The molecule has 0 bridgehead atoms. The molecule has 30 heavy (non-hydrogen) atoms. The smallest absolute Gasteiger partial charge is 0.256 e. The number of anilines is 1. The van der Waals surface area contributed by atoms with Crippen LogP contribution in [-0.2, 0) is 22.3 Å². The highest BCUT2D eigenvalue weighted by atomic mass is 32.2. The van der Waals surface area contributed by atoms with Crippen LogP contribution in [0, 0.1) is 0 Å². The van der Waals surface area contributed by atoms with E-state index in [1.54, 1.807) is 22.9 Å². The number of benzene rings is 2. The topological polar surface area (TPSA) is 82.5 Å². The molecule has 1 N–H and O–H groups in total. The van der Waals surface area contributed by atoms with E-state index in [-0.39, 0.29) is 5.91 Å². The largest absolute Gasteiger partial charge is 0.490 e. The molecule has 8 heteroatoms. The van der Waals surface area contributed by atoms with Gasteiger partial charge in [0.15, 0.2) is 11.5 Å². The number of hydrogen-bond acceptors (Lipinski definition) is 5. The molecule has 1 unspecified atom stereocenters. The van der Waals surface area contributed by atoms with E-state index in [1.807, 2.05) is 44.2 Å². The second-order valence-corrected chi connectivity index (χ2v) is 8.19. The summed E-state index contributed by atoms with van der Waals surface area (Å²) in [5.41, 5.74) is 2.85. The summed E-state index contributed by atoms with van der Waals surface area (Å²) in [6.07, 6.45) is 0. The van der Waals surface area contributed by atoms with Crippen LogP contribution in [-0.4, -0.2) is 33.1 Å². The van der Waals surface area contributed by atoms with Crippen molar-refractivity contribution in [1.29, 1.82) is 0 Å². The van der Waals surface area contributed by atoms with Crippen molar-refractivity contribution in [3.8, 4) is 17.2 Å². The number of para-hydroxylation sites is 1. The number of nitrogens with one attached hydrogen (secondary N) is 1. The van der Waals surface area contributed by atoms with Crippen LogP contribution in [0.1, 0.15) is 35.5 Å². The van der Waals surface area contributed by atoms with Gasteiger partial charge in [-0.15, -0.1) is 0 Å². The molecule has 156 valence electrons. The second-order valence-electron chi connectivity index (χ2n) is 6.73. The number of ether oxygens (including phenoxy) is 2. The number of carbonyl (C=O) groups is 1. The van der Waals surface area contributed by atoms with E-state index in [2.05, 4.69) is 10.4 Å². The average Bonchev–Trinajstić information content (AvgIpc) is 3.27. The van der Waals surface area contributed by atoms with Crippen molar-refractivity contribution in [2.75, 3.05) is 18.5 Å². The number of hydrogen-bond donors (Lipinski definition) is 1. The molecule has 1 aromatic heterocycles. The van der Waals surface area contributed by atoms with Gasteiger partial charge in [-0.25, -0.2) is 4.68 Å². The molecular formula is C22H23N3O4S. The molecule has 7 nitrogen and oxygen atoms in total. The Kier molecular flexibility index (Phi) is 5.85. The lowest BCUT2D eigenvalue weighted by molar-refractivity contribution is 0.102. The average molecular weight is 426 g/mol. The van der Waals surface area contributed by atoms with Crippen molar-refractivity contribution in [3.05, 3.63) is 65.4 Å². The van der Waals surface area contributed by atoms with Crippen molar-refractivity contribution < 1.29 is 18.5 Å². The fourth-order valence-corrected chi connectivity index (χ4v) is 4.65. The summed E-state index contributed by atoms with van der Waals surface area (Å²) in [5.74, 6) is 2.16. The molecule has 0 radical (unpaired) electrons. The Bertz CT molecular complexity index is 1100. The van der Waals surface area contributed by atoms with Crippen molar-refractivity contribution in [3.63, 3.8) is 0 Å². The maximum Gasteiger partial charge on any atom is 0.256 e. The highest BCUT2D eigenvalue weighted by Crippen LogP contribution is 2.33. The minimum atomic E-state index is -0.998. The standard InChI is InChI=1S/C22H23N3O4S/c1-3-28-19-11-10-15(12-20(19)29-4-2)22(26)23-21-17-13-30(27)14-18(17)24-25(21)16-8-6-5-7-9-16/h5-12H,3-4,13-14H2,1-2H3,(H,23,26). The van der Waals surface area contributed by atoms with Crippen LogP contribution in [0.25, 0.3) is 5.69 Å². The predicted molar refractivity (Wildman–Crippen MR) is 116 cm³/mol. The molecule has 0 saturated carbocycles. The summed E-state index contributed by atoms with van der Waals surface area (Å²) < 4.78 is 25.0. The lowest BCUT2D eigenvalue weighted by Crippen LogP contribution is -2.17. The highest BCUT2D eigenvalue weighted by molar-refractivity contribution is 7.83. The van der Waals surface area contributed by atoms with E-state index < -0.39 is 10.8 Å². The van der Waals surface area contributed by atoms with Crippen LogP contribution >= 0.6 is 0 Å². The van der Waals surface area contributed by atoms with Gasteiger partial charge in [-0.2, -0.15) is 5.10 Å². The number of carbonyl (C=O) groups excluding carboxylic acids is 1. The van der Waals surface area contributed by atoms with Crippen LogP contribution in [0.15, 0.2) is 48.5 Å². The van der Waals surface area contributed by atoms with Crippen molar-refractivity contribution >= 4 is 22.5 Å². The van der Waals surface area contributed by atoms with E-state index >= 15 is 0 Å². The third-order valence-corrected chi connectivity index (χ3v) is 5.91. The van der Waals surface area contributed by atoms with Gasteiger partial charge in [-0.05, 0) is 44.2 Å². The Balaban J connectivity index is 1.68. The molecule has 2 heterocycles. The quantitative estimate of drug-likeness (QED) is 0.624. The van der Waals surface area contributed by atoms with Gasteiger partial charge in [0.25, 0.3) is 5.91 Å². The zero-order valence-electron chi connectivity index (χ0n) is 16.9. The molecular weight excluding hydrogens is 402 g/mol. The maximum absolute atomic E-state index is 13.1. The predicted octanol–water partition coefficient (Wildman–Crippen LogP) is 3.68. The molecule has 1 amide bonds. The van der Waals surface area contributed by atoms with Gasteiger partial charge in [0, 0.05) is 21.9 Å². The third kappa shape index (κ3) is 3.95. The van der Waals surface area contributed by atoms with E-state index in [0.717, 1.165) is 16.9 Å². The molecule has 1 aliphatic heterocycles. The monoisotopic (exact) mass is 425 g/mol. The summed E-state index contributed by atoms with van der Waals surface area (Å²) in [4.78, 5) is 13.1. The summed E-state index contributed by atoms with van der Waals surface area (Å²) in [6, 6.07) is 14.7. The van der Waals surface area contributed by atoms with E-state index in [1.165, 1.54) is 0 Å². The summed E-state index contributed by atoms with van der Waals surface area (Å²) in [7, 11) is -0.998. The first kappa shape index (κ1) is 20.2. The molecule has 4 rings (SSSR count). The molecule has 0 spiro atoms. The van der Waals surface area contributed by atoms with Gasteiger partial charge in [-0.1, -0.05) is 18.2 Å². The Morgan fingerprint density at radius 3 is 2.53 bits per heavy atom. The van der Waals surface area contributed by atoms with Crippen LogP contribution in [0.3, 0.4) is 0 Å². The zero-order valence-corrected chi connectivity index (χ0v) is 17.7. The molecule has 1 atom stereocenters. The molecule has 0 aliphatic carbocycles. The lowest BCUT2D eigenvalue weighted by Gasteiger charge is -2.14. The Hall–Kier alpha value is -3.13. The maximum atomic E-state index is 13.1. The van der Waals surface area contributed by atoms with Crippen molar-refractivity contribution in [1.82, 2.24) is 9.78 Å². The molecule has 0 saturated heterocycles. The summed E-state index contributed by atoms with van der Waals surface area (Å²) in [5, 5.41) is 7.59. The van der Waals surface area contributed by atoms with Crippen LogP contribution in [0.5, 0.6) is 11.5 Å². The van der Waals surface area contributed by atoms with Crippen molar-refractivity contribution in [2.45, 2.75) is 25.4 Å². The van der Waals surface area contributed by atoms with E-state index in [9.17, 15) is 9.00 Å². The van der Waals surface area contributed by atoms with Crippen molar-refractivity contribution in [2.24, 2.45) is 0 Å². The third-order valence-electron chi connectivity index (χ3n) is 4.71. The van der Waals surface area contributed by atoms with Gasteiger partial charge < -0.3 is 14.8 Å². The van der Waals surface area contributed by atoms with Gasteiger partial charge >= 0.3 is 0 Å². The molecule has 1 aliphatic rings. The fourth-order valence-electron chi connectivity index (χ4n) is 3.38. The van der Waals surface area contributed by atoms with Gasteiger partial charge in [-0.3, -0.25) is 9.00 Å².